The van der Waals surface area contributed by atoms with Crippen LogP contribution in [0.1, 0.15) is 59.6 Å². The van der Waals surface area contributed by atoms with Crippen molar-refractivity contribution in [2.45, 2.75) is 72.4 Å². The highest BCUT2D eigenvalue weighted by molar-refractivity contribution is 5.27. The Balaban J connectivity index is 2.63. The van der Waals surface area contributed by atoms with E-state index in [1.165, 1.54) is 11.1 Å². The third kappa shape index (κ3) is 5.36. The summed E-state index contributed by atoms with van der Waals surface area (Å²) in [7, 11) is 0. The molecule has 19 heavy (non-hydrogen) atoms. The fraction of sp³-hybridized carbons (Fsp3) is 0.667. The van der Waals surface area contributed by atoms with E-state index in [9.17, 15) is 0 Å². The van der Waals surface area contributed by atoms with Crippen LogP contribution in [0, 0.1) is 5.92 Å². The summed E-state index contributed by atoms with van der Waals surface area (Å²) in [5.41, 5.74) is 3.10. The van der Waals surface area contributed by atoms with Gasteiger partial charge in [-0.1, -0.05) is 65.8 Å². The highest BCUT2D eigenvalue weighted by Gasteiger charge is 2.15. The van der Waals surface area contributed by atoms with Gasteiger partial charge in [-0.15, -0.1) is 0 Å². The minimum atomic E-state index is 0.247. The lowest BCUT2D eigenvalue weighted by molar-refractivity contribution is 0.372. The zero-order valence-electron chi connectivity index (χ0n) is 13.7. The molecular formula is C18H31N. The molecule has 1 heteroatoms. The maximum atomic E-state index is 3.60. The van der Waals surface area contributed by atoms with Gasteiger partial charge in [-0.2, -0.15) is 0 Å². The van der Waals surface area contributed by atoms with Crippen LogP contribution >= 0.6 is 0 Å². The summed E-state index contributed by atoms with van der Waals surface area (Å²) in [5, 5.41) is 3.60. The highest BCUT2D eigenvalue weighted by atomic mass is 14.9. The zero-order chi connectivity index (χ0) is 14.6. The lowest BCUT2D eigenvalue weighted by Gasteiger charge is -2.24. The number of nitrogens with one attached hydrogen (secondary N) is 1. The Kier molecular flexibility index (Phi) is 5.61. The molecule has 0 aromatic heterocycles. The van der Waals surface area contributed by atoms with E-state index in [1.807, 2.05) is 0 Å². The van der Waals surface area contributed by atoms with Crippen LogP contribution in [0.4, 0.5) is 0 Å². The van der Waals surface area contributed by atoms with Crippen molar-refractivity contribution in [1.82, 2.24) is 5.32 Å². The Morgan fingerprint density at radius 2 is 1.47 bits per heavy atom. The number of hydrogen-bond donors (Lipinski definition) is 1. The van der Waals surface area contributed by atoms with E-state index >= 15 is 0 Å². The first-order valence-corrected chi connectivity index (χ1v) is 7.55. The lowest BCUT2D eigenvalue weighted by Crippen LogP contribution is -2.37. The smallest absolute Gasteiger partial charge is 0.00698 e. The molecule has 1 aromatic carbocycles. The van der Waals surface area contributed by atoms with E-state index in [4.69, 9.17) is 0 Å². The van der Waals surface area contributed by atoms with Crippen LogP contribution in [-0.4, -0.2) is 12.1 Å². The van der Waals surface area contributed by atoms with Crippen molar-refractivity contribution in [2.24, 2.45) is 5.92 Å². The topological polar surface area (TPSA) is 12.0 Å². The van der Waals surface area contributed by atoms with Gasteiger partial charge in [-0.3, -0.25) is 0 Å². The summed E-state index contributed by atoms with van der Waals surface area (Å²) >= 11 is 0. The molecular weight excluding hydrogens is 230 g/mol. The van der Waals surface area contributed by atoms with Crippen LogP contribution in [0.15, 0.2) is 24.3 Å². The fourth-order valence-electron chi connectivity index (χ4n) is 2.38. The van der Waals surface area contributed by atoms with Gasteiger partial charge < -0.3 is 5.32 Å². The van der Waals surface area contributed by atoms with Crippen LogP contribution in [0.3, 0.4) is 0 Å². The molecule has 0 aliphatic carbocycles. The van der Waals surface area contributed by atoms with Gasteiger partial charge in [0, 0.05) is 12.1 Å². The average molecular weight is 261 g/mol. The van der Waals surface area contributed by atoms with Crippen LogP contribution in [0.25, 0.3) is 0 Å². The maximum absolute atomic E-state index is 3.60. The summed E-state index contributed by atoms with van der Waals surface area (Å²) in [6.45, 7) is 15.8. The molecule has 0 amide bonds. The van der Waals surface area contributed by atoms with Crippen molar-refractivity contribution in [1.29, 1.82) is 0 Å². The van der Waals surface area contributed by atoms with Crippen molar-refractivity contribution < 1.29 is 0 Å². The first kappa shape index (κ1) is 16.2. The van der Waals surface area contributed by atoms with Gasteiger partial charge in [-0.25, -0.2) is 0 Å². The Bertz CT molecular complexity index is 370. The summed E-state index contributed by atoms with van der Waals surface area (Å²) in [4.78, 5) is 0. The summed E-state index contributed by atoms with van der Waals surface area (Å²) in [6.07, 6.45) is 1.14. The quantitative estimate of drug-likeness (QED) is 0.820. The van der Waals surface area contributed by atoms with E-state index in [-0.39, 0.29) is 5.41 Å². The van der Waals surface area contributed by atoms with Gasteiger partial charge in [0.05, 0.1) is 0 Å². The SMILES string of the molecule is CC(C)NC(C)C(C)Cc1ccc(C(C)(C)C)cc1. The van der Waals surface area contributed by atoms with Crippen molar-refractivity contribution in [2.75, 3.05) is 0 Å². The zero-order valence-corrected chi connectivity index (χ0v) is 13.7. The fourth-order valence-corrected chi connectivity index (χ4v) is 2.38. The monoisotopic (exact) mass is 261 g/mol. The predicted octanol–water partition coefficient (Wildman–Crippen LogP) is 4.55. The molecule has 1 N–H and O–H groups in total. The number of hydrogen-bond acceptors (Lipinski definition) is 1. The van der Waals surface area contributed by atoms with Gasteiger partial charge in [0.15, 0.2) is 0 Å². The largest absolute Gasteiger partial charge is 0.312 e. The molecule has 0 bridgehead atoms. The lowest BCUT2D eigenvalue weighted by atomic mass is 9.85. The molecule has 0 aliphatic heterocycles. The van der Waals surface area contributed by atoms with E-state index in [2.05, 4.69) is 78.0 Å². The maximum Gasteiger partial charge on any atom is 0.00698 e. The molecule has 0 spiro atoms. The van der Waals surface area contributed by atoms with E-state index in [0.29, 0.717) is 18.0 Å². The molecule has 1 aromatic rings. The van der Waals surface area contributed by atoms with Crippen molar-refractivity contribution in [3.8, 4) is 0 Å². The minimum Gasteiger partial charge on any atom is -0.312 e. The molecule has 1 rings (SSSR count). The van der Waals surface area contributed by atoms with Crippen molar-refractivity contribution >= 4 is 0 Å². The summed E-state index contributed by atoms with van der Waals surface area (Å²) in [6, 6.07) is 10.3. The molecule has 0 radical (unpaired) electrons. The second-order valence-electron chi connectivity index (χ2n) is 7.24. The standard InChI is InChI=1S/C18H31N/c1-13(2)19-15(4)14(3)12-16-8-10-17(11-9-16)18(5,6)7/h8-11,13-15,19H,12H2,1-7H3. The van der Waals surface area contributed by atoms with E-state index in [0.717, 1.165) is 6.42 Å². The number of rotatable bonds is 5. The third-order valence-corrected chi connectivity index (χ3v) is 3.83. The molecule has 0 fully saturated rings. The van der Waals surface area contributed by atoms with E-state index in [1.54, 1.807) is 0 Å². The normalized spacial score (nSPS) is 15.6. The van der Waals surface area contributed by atoms with Gasteiger partial charge >= 0.3 is 0 Å². The average Bonchev–Trinajstić information content (AvgIpc) is 2.27. The van der Waals surface area contributed by atoms with Crippen LogP contribution in [0.2, 0.25) is 0 Å². The summed E-state index contributed by atoms with van der Waals surface area (Å²) < 4.78 is 0. The minimum absolute atomic E-state index is 0.247. The second-order valence-corrected chi connectivity index (χ2v) is 7.24. The molecule has 108 valence electrons. The first-order valence-electron chi connectivity index (χ1n) is 7.55. The molecule has 0 heterocycles. The van der Waals surface area contributed by atoms with Crippen molar-refractivity contribution in [3.05, 3.63) is 35.4 Å². The van der Waals surface area contributed by atoms with Gasteiger partial charge in [0.2, 0.25) is 0 Å². The molecule has 0 saturated heterocycles. The molecule has 1 nitrogen and oxygen atoms in total. The summed E-state index contributed by atoms with van der Waals surface area (Å²) in [5.74, 6) is 0.655. The van der Waals surface area contributed by atoms with Crippen LogP contribution in [-0.2, 0) is 11.8 Å². The molecule has 0 saturated carbocycles. The molecule has 0 aliphatic rings. The molecule has 2 atom stereocenters. The second kappa shape index (κ2) is 6.56. The highest BCUT2D eigenvalue weighted by Crippen LogP contribution is 2.23. The molecule has 2 unspecified atom stereocenters. The first-order chi connectivity index (χ1) is 8.70. The Morgan fingerprint density at radius 1 is 0.947 bits per heavy atom. The Morgan fingerprint density at radius 3 is 1.89 bits per heavy atom. The van der Waals surface area contributed by atoms with E-state index < -0.39 is 0 Å². The van der Waals surface area contributed by atoms with Gasteiger partial charge in [0.25, 0.3) is 0 Å². The Labute approximate surface area is 119 Å². The van der Waals surface area contributed by atoms with Crippen molar-refractivity contribution in [3.63, 3.8) is 0 Å². The van der Waals surface area contributed by atoms with Gasteiger partial charge in [-0.05, 0) is 35.8 Å². The van der Waals surface area contributed by atoms with Gasteiger partial charge in [0.1, 0.15) is 0 Å². The third-order valence-electron chi connectivity index (χ3n) is 3.83. The number of benzene rings is 1. The van der Waals surface area contributed by atoms with Crippen LogP contribution in [0.5, 0.6) is 0 Å². The Hall–Kier alpha value is -0.820. The van der Waals surface area contributed by atoms with Crippen LogP contribution < -0.4 is 5.32 Å². The predicted molar refractivity (Wildman–Crippen MR) is 85.7 cm³/mol.